The number of aryl methyl sites for hydroxylation is 2. The number of fused-ring (bicyclic) bond motifs is 3. The molecule has 0 radical (unpaired) electrons. The molecular formula is C23H15F2NOS. The molecule has 5 rings (SSSR count). The van der Waals surface area contributed by atoms with Crippen LogP contribution in [0.15, 0.2) is 59.4 Å². The highest BCUT2D eigenvalue weighted by Gasteiger charge is 2.19. The molecule has 0 spiro atoms. The molecule has 0 saturated heterocycles. The molecule has 4 aromatic rings. The highest BCUT2D eigenvalue weighted by Crippen LogP contribution is 2.36. The minimum atomic E-state index is -0.271. The third kappa shape index (κ3) is 2.98. The highest BCUT2D eigenvalue weighted by molar-refractivity contribution is 7.16. The van der Waals surface area contributed by atoms with Crippen LogP contribution in [-0.4, -0.2) is 4.98 Å². The van der Waals surface area contributed by atoms with E-state index >= 15 is 0 Å². The Kier molecular flexibility index (Phi) is 3.98. The fourth-order valence-electron chi connectivity index (χ4n) is 3.86. The number of benzene rings is 3. The SMILES string of the molecule is O=c1[nH]c2cc(C=C3c4ccc(F)cc4CCc4cc(F)ccc43)ccc2s1. The molecule has 1 aliphatic carbocycles. The molecule has 138 valence electrons. The molecule has 3 aromatic carbocycles. The number of hydrogen-bond acceptors (Lipinski definition) is 2. The van der Waals surface area contributed by atoms with Crippen molar-refractivity contribution >= 4 is 33.2 Å². The average molecular weight is 391 g/mol. The zero-order valence-corrected chi connectivity index (χ0v) is 15.6. The van der Waals surface area contributed by atoms with Crippen LogP contribution in [0.1, 0.15) is 27.8 Å². The zero-order valence-electron chi connectivity index (χ0n) is 14.8. The molecule has 0 unspecified atom stereocenters. The van der Waals surface area contributed by atoms with Gasteiger partial charge in [0.2, 0.25) is 0 Å². The number of nitrogens with one attached hydrogen (secondary N) is 1. The first-order chi connectivity index (χ1) is 13.6. The molecule has 0 fully saturated rings. The van der Waals surface area contributed by atoms with Crippen molar-refractivity contribution < 1.29 is 8.78 Å². The van der Waals surface area contributed by atoms with Crippen LogP contribution < -0.4 is 4.87 Å². The predicted octanol–water partition coefficient (Wildman–Crippen LogP) is 5.56. The maximum absolute atomic E-state index is 13.8. The van der Waals surface area contributed by atoms with Crippen molar-refractivity contribution in [2.75, 3.05) is 0 Å². The topological polar surface area (TPSA) is 32.9 Å². The standard InChI is InChI=1S/C23H15F2NOS/c24-16-4-6-18-14(11-16)2-3-15-12-17(25)5-7-19(15)20(18)9-13-1-8-22-21(10-13)26-23(27)28-22/h1,4-12H,2-3H2,(H,26,27). The molecule has 0 saturated carbocycles. The number of thiazole rings is 1. The van der Waals surface area contributed by atoms with Gasteiger partial charge in [-0.3, -0.25) is 4.79 Å². The Balaban J connectivity index is 1.75. The van der Waals surface area contributed by atoms with Gasteiger partial charge < -0.3 is 4.98 Å². The van der Waals surface area contributed by atoms with Crippen molar-refractivity contribution in [2.24, 2.45) is 0 Å². The van der Waals surface area contributed by atoms with Gasteiger partial charge in [0.1, 0.15) is 11.6 Å². The summed E-state index contributed by atoms with van der Waals surface area (Å²) in [5.41, 5.74) is 6.36. The second-order valence-electron chi connectivity index (χ2n) is 6.93. The molecule has 1 aromatic heterocycles. The number of halogens is 2. The molecule has 1 heterocycles. The minimum Gasteiger partial charge on any atom is -0.312 e. The molecule has 5 heteroatoms. The summed E-state index contributed by atoms with van der Waals surface area (Å²) in [5.74, 6) is -0.542. The lowest BCUT2D eigenvalue weighted by atomic mass is 9.92. The molecule has 1 aliphatic rings. The zero-order chi connectivity index (χ0) is 19.3. The monoisotopic (exact) mass is 391 g/mol. The van der Waals surface area contributed by atoms with E-state index in [-0.39, 0.29) is 16.5 Å². The van der Waals surface area contributed by atoms with E-state index in [9.17, 15) is 13.6 Å². The first-order valence-electron chi connectivity index (χ1n) is 8.99. The van der Waals surface area contributed by atoms with Gasteiger partial charge in [0.25, 0.3) is 0 Å². The summed E-state index contributed by atoms with van der Waals surface area (Å²) >= 11 is 1.18. The van der Waals surface area contributed by atoms with Crippen LogP contribution in [0.3, 0.4) is 0 Å². The van der Waals surface area contributed by atoms with Crippen LogP contribution in [0.25, 0.3) is 21.9 Å². The van der Waals surface area contributed by atoms with Crippen molar-refractivity contribution in [1.82, 2.24) is 4.98 Å². The smallest absolute Gasteiger partial charge is 0.305 e. The predicted molar refractivity (Wildman–Crippen MR) is 110 cm³/mol. The van der Waals surface area contributed by atoms with Gasteiger partial charge in [-0.1, -0.05) is 29.5 Å². The summed E-state index contributed by atoms with van der Waals surface area (Å²) in [5, 5.41) is 0. The van der Waals surface area contributed by atoms with Gasteiger partial charge in [0, 0.05) is 0 Å². The van der Waals surface area contributed by atoms with Gasteiger partial charge in [-0.2, -0.15) is 0 Å². The van der Waals surface area contributed by atoms with E-state index in [1.165, 1.54) is 23.5 Å². The van der Waals surface area contributed by atoms with Crippen LogP contribution >= 0.6 is 11.3 Å². The number of rotatable bonds is 1. The summed E-state index contributed by atoms with van der Waals surface area (Å²) in [4.78, 5) is 14.4. The number of H-pyrrole nitrogens is 1. The summed E-state index contributed by atoms with van der Waals surface area (Å²) in [6.07, 6.45) is 3.32. The summed E-state index contributed by atoms with van der Waals surface area (Å²) < 4.78 is 28.6. The van der Waals surface area contributed by atoms with E-state index in [4.69, 9.17) is 0 Å². The van der Waals surface area contributed by atoms with Gasteiger partial charge in [-0.25, -0.2) is 8.78 Å². The largest absolute Gasteiger partial charge is 0.312 e. The normalized spacial score (nSPS) is 13.1. The minimum absolute atomic E-state index is 0.0871. The van der Waals surface area contributed by atoms with Crippen LogP contribution in [0.2, 0.25) is 0 Å². The first kappa shape index (κ1) is 17.1. The van der Waals surface area contributed by atoms with Gasteiger partial charge in [-0.15, -0.1) is 0 Å². The van der Waals surface area contributed by atoms with E-state index in [1.54, 1.807) is 24.3 Å². The molecular weight excluding hydrogens is 376 g/mol. The van der Waals surface area contributed by atoms with Crippen LogP contribution in [0.5, 0.6) is 0 Å². The van der Waals surface area contributed by atoms with E-state index < -0.39 is 0 Å². The van der Waals surface area contributed by atoms with Gasteiger partial charge in [-0.05, 0) is 88.7 Å². The Hall–Kier alpha value is -3.05. The number of hydrogen-bond donors (Lipinski definition) is 1. The molecule has 2 nitrogen and oxygen atoms in total. The highest BCUT2D eigenvalue weighted by atomic mass is 32.1. The Morgan fingerprint density at radius 2 is 1.50 bits per heavy atom. The van der Waals surface area contributed by atoms with Gasteiger partial charge in [0.05, 0.1) is 10.2 Å². The van der Waals surface area contributed by atoms with Crippen molar-refractivity contribution in [3.8, 4) is 0 Å². The van der Waals surface area contributed by atoms with Crippen LogP contribution in [0, 0.1) is 11.6 Å². The Morgan fingerprint density at radius 3 is 2.14 bits per heavy atom. The van der Waals surface area contributed by atoms with E-state index in [2.05, 4.69) is 4.98 Å². The average Bonchev–Trinajstić information content (AvgIpc) is 2.97. The molecule has 0 atom stereocenters. The maximum Gasteiger partial charge on any atom is 0.305 e. The van der Waals surface area contributed by atoms with Crippen molar-refractivity contribution in [3.05, 3.63) is 104 Å². The third-order valence-electron chi connectivity index (χ3n) is 5.13. The third-order valence-corrected chi connectivity index (χ3v) is 6.00. The lowest BCUT2D eigenvalue weighted by Gasteiger charge is -2.12. The first-order valence-corrected chi connectivity index (χ1v) is 9.81. The second kappa shape index (κ2) is 6.53. The molecule has 1 N–H and O–H groups in total. The number of aromatic amines is 1. The molecule has 0 bridgehead atoms. The summed E-state index contributed by atoms with van der Waals surface area (Å²) in [6.45, 7) is 0. The van der Waals surface area contributed by atoms with Crippen molar-refractivity contribution in [2.45, 2.75) is 12.8 Å². The van der Waals surface area contributed by atoms with E-state index in [1.807, 2.05) is 24.3 Å². The lowest BCUT2D eigenvalue weighted by molar-refractivity contribution is 0.623. The molecule has 28 heavy (non-hydrogen) atoms. The Bertz CT molecular complexity index is 1260. The van der Waals surface area contributed by atoms with E-state index in [0.29, 0.717) is 12.8 Å². The molecule has 0 aliphatic heterocycles. The fourth-order valence-corrected chi connectivity index (χ4v) is 4.58. The summed E-state index contributed by atoms with van der Waals surface area (Å²) in [6, 6.07) is 15.4. The Labute approximate surface area is 163 Å². The number of aromatic nitrogens is 1. The Morgan fingerprint density at radius 1 is 0.857 bits per heavy atom. The summed E-state index contributed by atoms with van der Waals surface area (Å²) in [7, 11) is 0. The fraction of sp³-hybridized carbons (Fsp3) is 0.0870. The molecule has 0 amide bonds. The van der Waals surface area contributed by atoms with Crippen molar-refractivity contribution in [3.63, 3.8) is 0 Å². The quantitative estimate of drug-likeness (QED) is 0.453. The van der Waals surface area contributed by atoms with Crippen LogP contribution in [-0.2, 0) is 12.8 Å². The van der Waals surface area contributed by atoms with Crippen LogP contribution in [0.4, 0.5) is 8.78 Å². The maximum atomic E-state index is 13.8. The van der Waals surface area contributed by atoms with Crippen molar-refractivity contribution in [1.29, 1.82) is 0 Å². The second-order valence-corrected chi connectivity index (χ2v) is 7.95. The van der Waals surface area contributed by atoms with Gasteiger partial charge >= 0.3 is 4.87 Å². The van der Waals surface area contributed by atoms with E-state index in [0.717, 1.165) is 43.6 Å². The van der Waals surface area contributed by atoms with Gasteiger partial charge in [0.15, 0.2) is 0 Å². The lowest BCUT2D eigenvalue weighted by Crippen LogP contribution is -1.94.